The summed E-state index contributed by atoms with van der Waals surface area (Å²) in [5.41, 5.74) is 6.80. The van der Waals surface area contributed by atoms with E-state index in [9.17, 15) is 0 Å². The molecule has 94 valence electrons. The van der Waals surface area contributed by atoms with Crippen molar-refractivity contribution in [3.63, 3.8) is 0 Å². The predicted molar refractivity (Wildman–Crippen MR) is 68.5 cm³/mol. The molecule has 1 saturated heterocycles. The van der Waals surface area contributed by atoms with E-state index in [4.69, 9.17) is 26.8 Å². The summed E-state index contributed by atoms with van der Waals surface area (Å²) in [5, 5.41) is 0.609. The van der Waals surface area contributed by atoms with Gasteiger partial charge in [0.15, 0.2) is 0 Å². The molecule has 2 N–H and O–H groups in total. The Hall–Kier alpha value is -0.770. The number of halogens is 1. The molecule has 0 radical (unpaired) electrons. The quantitative estimate of drug-likeness (QED) is 0.900. The molecule has 4 heteroatoms. The molecule has 0 spiro atoms. The Morgan fingerprint density at radius 2 is 2.41 bits per heavy atom. The van der Waals surface area contributed by atoms with Crippen LogP contribution < -0.4 is 10.5 Å². The van der Waals surface area contributed by atoms with Crippen LogP contribution in [0.2, 0.25) is 5.02 Å². The van der Waals surface area contributed by atoms with E-state index in [2.05, 4.69) is 0 Å². The fraction of sp³-hybridized carbons (Fsp3) is 0.538. The topological polar surface area (TPSA) is 44.5 Å². The van der Waals surface area contributed by atoms with E-state index < -0.39 is 0 Å². The Balaban J connectivity index is 1.96. The Morgan fingerprint density at radius 3 is 3.00 bits per heavy atom. The van der Waals surface area contributed by atoms with Gasteiger partial charge in [0, 0.05) is 12.6 Å². The molecule has 1 aliphatic heterocycles. The molecule has 1 aromatic carbocycles. The van der Waals surface area contributed by atoms with Gasteiger partial charge in [-0.1, -0.05) is 17.7 Å². The standard InChI is InChI=1S/C13H18ClNO2/c1-9(15)10-4-5-13(12(14)7-10)17-8-11-3-2-6-16-11/h4-5,7,9,11H,2-3,6,8,15H2,1H3/t9-,11?/m0/s1. The summed E-state index contributed by atoms with van der Waals surface area (Å²) in [6.07, 6.45) is 2.39. The maximum Gasteiger partial charge on any atom is 0.138 e. The SMILES string of the molecule is C[C@H](N)c1ccc(OCC2CCCO2)c(Cl)c1. The molecule has 1 aromatic rings. The highest BCUT2D eigenvalue weighted by Crippen LogP contribution is 2.28. The normalized spacial score (nSPS) is 21.5. The molecule has 0 aliphatic carbocycles. The molecule has 1 fully saturated rings. The lowest BCUT2D eigenvalue weighted by molar-refractivity contribution is 0.0680. The van der Waals surface area contributed by atoms with E-state index in [1.165, 1.54) is 0 Å². The number of nitrogens with two attached hydrogens (primary N) is 1. The zero-order valence-corrected chi connectivity index (χ0v) is 10.7. The molecule has 1 heterocycles. The predicted octanol–water partition coefficient (Wildman–Crippen LogP) is 2.92. The van der Waals surface area contributed by atoms with E-state index in [1.807, 2.05) is 25.1 Å². The molecule has 0 bridgehead atoms. The lowest BCUT2D eigenvalue weighted by Crippen LogP contribution is -2.16. The largest absolute Gasteiger partial charge is 0.489 e. The van der Waals surface area contributed by atoms with Crippen molar-refractivity contribution in [2.24, 2.45) is 5.73 Å². The summed E-state index contributed by atoms with van der Waals surface area (Å²) in [7, 11) is 0. The zero-order valence-electron chi connectivity index (χ0n) is 9.99. The molecule has 0 aromatic heterocycles. The summed E-state index contributed by atoms with van der Waals surface area (Å²) < 4.78 is 11.1. The number of hydrogen-bond donors (Lipinski definition) is 1. The van der Waals surface area contributed by atoms with Gasteiger partial charge in [-0.15, -0.1) is 0 Å². The first-order valence-electron chi connectivity index (χ1n) is 5.96. The van der Waals surface area contributed by atoms with Crippen molar-refractivity contribution in [1.29, 1.82) is 0 Å². The monoisotopic (exact) mass is 255 g/mol. The fourth-order valence-electron chi connectivity index (χ4n) is 1.88. The van der Waals surface area contributed by atoms with Gasteiger partial charge in [-0.25, -0.2) is 0 Å². The van der Waals surface area contributed by atoms with E-state index >= 15 is 0 Å². The molecule has 1 unspecified atom stereocenters. The molecular formula is C13H18ClNO2. The number of hydrogen-bond acceptors (Lipinski definition) is 3. The summed E-state index contributed by atoms with van der Waals surface area (Å²) in [6, 6.07) is 5.66. The van der Waals surface area contributed by atoms with Crippen molar-refractivity contribution < 1.29 is 9.47 Å². The molecule has 2 rings (SSSR count). The third-order valence-corrected chi connectivity index (χ3v) is 3.23. The van der Waals surface area contributed by atoms with Crippen molar-refractivity contribution >= 4 is 11.6 Å². The molecule has 2 atom stereocenters. The summed E-state index contributed by atoms with van der Waals surface area (Å²) >= 11 is 6.14. The average Bonchev–Trinajstić information content (AvgIpc) is 2.80. The van der Waals surface area contributed by atoms with Crippen LogP contribution in [0.15, 0.2) is 18.2 Å². The van der Waals surface area contributed by atoms with Crippen molar-refractivity contribution in [3.05, 3.63) is 28.8 Å². The smallest absolute Gasteiger partial charge is 0.138 e. The Labute approximate surface area is 107 Å². The highest BCUT2D eigenvalue weighted by atomic mass is 35.5. The number of rotatable bonds is 4. The van der Waals surface area contributed by atoms with Gasteiger partial charge < -0.3 is 15.2 Å². The second-order valence-corrected chi connectivity index (χ2v) is 4.83. The molecular weight excluding hydrogens is 238 g/mol. The van der Waals surface area contributed by atoms with Crippen LogP contribution in [0.1, 0.15) is 31.4 Å². The van der Waals surface area contributed by atoms with E-state index in [0.29, 0.717) is 17.4 Å². The van der Waals surface area contributed by atoms with Crippen molar-refractivity contribution in [2.45, 2.75) is 31.9 Å². The Bertz CT molecular complexity index is 376. The summed E-state index contributed by atoms with van der Waals surface area (Å²) in [6.45, 7) is 3.33. The van der Waals surface area contributed by atoms with E-state index in [1.54, 1.807) is 0 Å². The second-order valence-electron chi connectivity index (χ2n) is 4.42. The maximum absolute atomic E-state index is 6.14. The number of benzene rings is 1. The zero-order chi connectivity index (χ0) is 12.3. The first kappa shape index (κ1) is 12.7. The van der Waals surface area contributed by atoms with Crippen LogP contribution in [0.4, 0.5) is 0 Å². The molecule has 17 heavy (non-hydrogen) atoms. The van der Waals surface area contributed by atoms with Crippen LogP contribution in [-0.2, 0) is 4.74 Å². The highest BCUT2D eigenvalue weighted by Gasteiger charge is 2.16. The van der Waals surface area contributed by atoms with Gasteiger partial charge in [-0.3, -0.25) is 0 Å². The average molecular weight is 256 g/mol. The van der Waals surface area contributed by atoms with Gasteiger partial charge in [0.2, 0.25) is 0 Å². The minimum Gasteiger partial charge on any atom is -0.489 e. The minimum atomic E-state index is -0.0142. The molecule has 3 nitrogen and oxygen atoms in total. The van der Waals surface area contributed by atoms with Crippen LogP contribution >= 0.6 is 11.6 Å². The van der Waals surface area contributed by atoms with Crippen molar-refractivity contribution in [2.75, 3.05) is 13.2 Å². The van der Waals surface area contributed by atoms with E-state index in [-0.39, 0.29) is 12.1 Å². The van der Waals surface area contributed by atoms with Crippen LogP contribution in [0.5, 0.6) is 5.75 Å². The molecule has 1 aliphatic rings. The highest BCUT2D eigenvalue weighted by molar-refractivity contribution is 6.32. The third kappa shape index (κ3) is 3.35. The van der Waals surface area contributed by atoms with Crippen molar-refractivity contribution in [1.82, 2.24) is 0 Å². The van der Waals surface area contributed by atoms with Crippen LogP contribution in [-0.4, -0.2) is 19.3 Å². The molecule has 0 saturated carbocycles. The van der Waals surface area contributed by atoms with Crippen LogP contribution in [0.3, 0.4) is 0 Å². The first-order valence-corrected chi connectivity index (χ1v) is 6.34. The lowest BCUT2D eigenvalue weighted by atomic mass is 10.1. The van der Waals surface area contributed by atoms with Gasteiger partial charge in [0.05, 0.1) is 11.1 Å². The molecule has 0 amide bonds. The number of ether oxygens (including phenoxy) is 2. The maximum atomic E-state index is 6.14. The lowest BCUT2D eigenvalue weighted by Gasteiger charge is -2.14. The van der Waals surface area contributed by atoms with Gasteiger partial charge in [-0.05, 0) is 37.5 Å². The van der Waals surface area contributed by atoms with Gasteiger partial charge in [0.1, 0.15) is 12.4 Å². The summed E-state index contributed by atoms with van der Waals surface area (Å²) in [4.78, 5) is 0. The summed E-state index contributed by atoms with van der Waals surface area (Å²) in [5.74, 6) is 0.701. The van der Waals surface area contributed by atoms with E-state index in [0.717, 1.165) is 25.0 Å². The van der Waals surface area contributed by atoms with Gasteiger partial charge in [0.25, 0.3) is 0 Å². The fourth-order valence-corrected chi connectivity index (χ4v) is 2.12. The third-order valence-electron chi connectivity index (χ3n) is 2.93. The first-order chi connectivity index (χ1) is 8.16. The van der Waals surface area contributed by atoms with Gasteiger partial charge in [-0.2, -0.15) is 0 Å². The van der Waals surface area contributed by atoms with Crippen LogP contribution in [0, 0.1) is 0 Å². The van der Waals surface area contributed by atoms with Crippen molar-refractivity contribution in [3.8, 4) is 5.75 Å². The Morgan fingerprint density at radius 1 is 1.59 bits per heavy atom. The van der Waals surface area contributed by atoms with Crippen LogP contribution in [0.25, 0.3) is 0 Å². The van der Waals surface area contributed by atoms with Gasteiger partial charge >= 0.3 is 0 Å². The minimum absolute atomic E-state index is 0.0142. The second kappa shape index (κ2) is 5.71. The Kier molecular flexibility index (Phi) is 4.26.